The van der Waals surface area contributed by atoms with Gasteiger partial charge in [-0.05, 0) is 25.8 Å². The van der Waals surface area contributed by atoms with Crippen LogP contribution in [0.15, 0.2) is 18.3 Å². The van der Waals surface area contributed by atoms with Crippen LogP contribution in [0.3, 0.4) is 0 Å². The molecule has 1 aliphatic rings. The van der Waals surface area contributed by atoms with E-state index in [4.69, 9.17) is 5.73 Å². The van der Waals surface area contributed by atoms with E-state index in [1.165, 1.54) is 12.3 Å². The highest BCUT2D eigenvalue weighted by Crippen LogP contribution is 2.23. The highest BCUT2D eigenvalue weighted by molar-refractivity contribution is 5.43. The second-order valence-electron chi connectivity index (χ2n) is 4.77. The van der Waals surface area contributed by atoms with Gasteiger partial charge in [-0.1, -0.05) is 0 Å². The SMILES string of the molecule is CC1(N)CCN(c2ccc([N+](=O)[O-])cn2)CC1. The van der Waals surface area contributed by atoms with Gasteiger partial charge in [0.1, 0.15) is 12.0 Å². The topological polar surface area (TPSA) is 85.3 Å². The number of anilines is 1. The first kappa shape index (κ1) is 11.8. The Bertz CT molecular complexity index is 406. The van der Waals surface area contributed by atoms with Crippen LogP contribution < -0.4 is 10.6 Å². The van der Waals surface area contributed by atoms with Crippen molar-refractivity contribution in [3.63, 3.8) is 0 Å². The molecule has 1 aromatic heterocycles. The van der Waals surface area contributed by atoms with Gasteiger partial charge in [0, 0.05) is 24.7 Å². The summed E-state index contributed by atoms with van der Waals surface area (Å²) in [5.74, 6) is 0.783. The Labute approximate surface area is 99.6 Å². The summed E-state index contributed by atoms with van der Waals surface area (Å²) in [5, 5.41) is 10.5. The van der Waals surface area contributed by atoms with Crippen LogP contribution in [0.2, 0.25) is 0 Å². The molecule has 17 heavy (non-hydrogen) atoms. The Balaban J connectivity index is 2.06. The monoisotopic (exact) mass is 236 g/mol. The molecule has 2 rings (SSSR count). The number of pyridine rings is 1. The summed E-state index contributed by atoms with van der Waals surface area (Å²) in [7, 11) is 0. The predicted octanol–water partition coefficient (Wildman–Crippen LogP) is 1.31. The Morgan fingerprint density at radius 2 is 2.12 bits per heavy atom. The van der Waals surface area contributed by atoms with Crippen LogP contribution in [-0.2, 0) is 0 Å². The van der Waals surface area contributed by atoms with E-state index < -0.39 is 4.92 Å². The number of nitrogens with zero attached hydrogens (tertiary/aromatic N) is 3. The fourth-order valence-electron chi connectivity index (χ4n) is 1.92. The van der Waals surface area contributed by atoms with Crippen molar-refractivity contribution in [2.24, 2.45) is 5.73 Å². The van der Waals surface area contributed by atoms with Crippen molar-refractivity contribution >= 4 is 11.5 Å². The van der Waals surface area contributed by atoms with Gasteiger partial charge in [-0.25, -0.2) is 4.98 Å². The molecule has 1 aromatic rings. The summed E-state index contributed by atoms with van der Waals surface area (Å²) >= 11 is 0. The fraction of sp³-hybridized carbons (Fsp3) is 0.545. The van der Waals surface area contributed by atoms with Crippen LogP contribution in [0, 0.1) is 10.1 Å². The Hall–Kier alpha value is -1.69. The summed E-state index contributed by atoms with van der Waals surface area (Å²) in [5.41, 5.74) is 5.97. The van der Waals surface area contributed by atoms with E-state index in [0.717, 1.165) is 31.7 Å². The van der Waals surface area contributed by atoms with Gasteiger partial charge in [0.15, 0.2) is 0 Å². The van der Waals surface area contributed by atoms with E-state index >= 15 is 0 Å². The smallest absolute Gasteiger partial charge is 0.287 e. The van der Waals surface area contributed by atoms with E-state index in [0.29, 0.717) is 0 Å². The molecule has 92 valence electrons. The molecule has 1 fully saturated rings. The summed E-state index contributed by atoms with van der Waals surface area (Å²) in [6, 6.07) is 3.18. The zero-order valence-corrected chi connectivity index (χ0v) is 9.80. The molecule has 0 bridgehead atoms. The average molecular weight is 236 g/mol. The van der Waals surface area contributed by atoms with Crippen molar-refractivity contribution < 1.29 is 4.92 Å². The molecule has 6 nitrogen and oxygen atoms in total. The molecular weight excluding hydrogens is 220 g/mol. The minimum absolute atomic E-state index is 0.0226. The maximum atomic E-state index is 10.5. The second-order valence-corrected chi connectivity index (χ2v) is 4.77. The average Bonchev–Trinajstić information content (AvgIpc) is 2.29. The van der Waals surface area contributed by atoms with Gasteiger partial charge in [-0.2, -0.15) is 0 Å². The third-order valence-electron chi connectivity index (χ3n) is 3.17. The van der Waals surface area contributed by atoms with Gasteiger partial charge < -0.3 is 10.6 Å². The summed E-state index contributed by atoms with van der Waals surface area (Å²) < 4.78 is 0. The molecule has 6 heteroatoms. The van der Waals surface area contributed by atoms with E-state index in [2.05, 4.69) is 9.88 Å². The zero-order valence-electron chi connectivity index (χ0n) is 9.80. The zero-order chi connectivity index (χ0) is 12.5. The second kappa shape index (κ2) is 4.29. The summed E-state index contributed by atoms with van der Waals surface area (Å²) in [4.78, 5) is 16.3. The van der Waals surface area contributed by atoms with E-state index in [1.807, 2.05) is 6.92 Å². The molecule has 2 N–H and O–H groups in total. The number of nitro groups is 1. The first-order valence-corrected chi connectivity index (χ1v) is 5.62. The van der Waals surface area contributed by atoms with Crippen LogP contribution in [0.25, 0.3) is 0 Å². The van der Waals surface area contributed by atoms with Crippen LogP contribution in [0.5, 0.6) is 0 Å². The predicted molar refractivity (Wildman–Crippen MR) is 64.9 cm³/mol. The van der Waals surface area contributed by atoms with Crippen molar-refractivity contribution in [1.82, 2.24) is 4.98 Å². The number of rotatable bonds is 2. The lowest BCUT2D eigenvalue weighted by atomic mass is 9.91. The highest BCUT2D eigenvalue weighted by Gasteiger charge is 2.26. The lowest BCUT2D eigenvalue weighted by Crippen LogP contribution is -2.48. The number of nitrogens with two attached hydrogens (primary N) is 1. The summed E-state index contributed by atoms with van der Waals surface area (Å²) in [6.45, 7) is 3.74. The van der Waals surface area contributed by atoms with Crippen LogP contribution in [0.4, 0.5) is 11.5 Å². The molecule has 0 atom stereocenters. The van der Waals surface area contributed by atoms with Crippen LogP contribution >= 0.6 is 0 Å². The standard InChI is InChI=1S/C11H16N4O2/c1-11(12)4-6-14(7-5-11)10-3-2-9(8-13-10)15(16)17/h2-3,8H,4-7,12H2,1H3. The molecule has 0 saturated carbocycles. The lowest BCUT2D eigenvalue weighted by Gasteiger charge is -2.37. The third kappa shape index (κ3) is 2.71. The largest absolute Gasteiger partial charge is 0.356 e. The minimum atomic E-state index is -0.441. The van der Waals surface area contributed by atoms with Gasteiger partial charge in [-0.3, -0.25) is 10.1 Å². The van der Waals surface area contributed by atoms with Crippen molar-refractivity contribution in [2.75, 3.05) is 18.0 Å². The molecule has 1 aliphatic heterocycles. The molecule has 2 heterocycles. The molecule has 0 spiro atoms. The third-order valence-corrected chi connectivity index (χ3v) is 3.17. The lowest BCUT2D eigenvalue weighted by molar-refractivity contribution is -0.385. The number of aromatic nitrogens is 1. The molecule has 1 saturated heterocycles. The maximum absolute atomic E-state index is 10.5. The van der Waals surface area contributed by atoms with Crippen molar-refractivity contribution in [2.45, 2.75) is 25.3 Å². The molecule has 0 radical (unpaired) electrons. The Morgan fingerprint density at radius 1 is 1.47 bits per heavy atom. The summed E-state index contributed by atoms with van der Waals surface area (Å²) in [6.07, 6.45) is 3.11. The number of piperidine rings is 1. The first-order valence-electron chi connectivity index (χ1n) is 5.62. The van der Waals surface area contributed by atoms with Gasteiger partial charge >= 0.3 is 0 Å². The Kier molecular flexibility index (Phi) is 2.97. The molecular formula is C11H16N4O2. The van der Waals surface area contributed by atoms with Gasteiger partial charge in [0.2, 0.25) is 0 Å². The van der Waals surface area contributed by atoms with E-state index in [-0.39, 0.29) is 11.2 Å². The van der Waals surface area contributed by atoms with Gasteiger partial charge in [0.25, 0.3) is 5.69 Å². The Morgan fingerprint density at radius 3 is 2.59 bits per heavy atom. The van der Waals surface area contributed by atoms with E-state index in [9.17, 15) is 10.1 Å². The number of hydrogen-bond donors (Lipinski definition) is 1. The van der Waals surface area contributed by atoms with Crippen molar-refractivity contribution in [1.29, 1.82) is 0 Å². The van der Waals surface area contributed by atoms with E-state index in [1.54, 1.807) is 6.07 Å². The van der Waals surface area contributed by atoms with Crippen LogP contribution in [-0.4, -0.2) is 28.5 Å². The molecule has 0 aliphatic carbocycles. The molecule has 0 aromatic carbocycles. The van der Waals surface area contributed by atoms with Crippen LogP contribution in [0.1, 0.15) is 19.8 Å². The quantitative estimate of drug-likeness (QED) is 0.618. The first-order chi connectivity index (χ1) is 7.98. The van der Waals surface area contributed by atoms with Gasteiger partial charge in [0.05, 0.1) is 4.92 Å². The van der Waals surface area contributed by atoms with Crippen molar-refractivity contribution in [3.05, 3.63) is 28.4 Å². The normalized spacial score (nSPS) is 19.1. The van der Waals surface area contributed by atoms with Crippen molar-refractivity contribution in [3.8, 4) is 0 Å². The van der Waals surface area contributed by atoms with Gasteiger partial charge in [-0.15, -0.1) is 0 Å². The molecule has 0 amide bonds. The fourth-order valence-corrected chi connectivity index (χ4v) is 1.92. The highest BCUT2D eigenvalue weighted by atomic mass is 16.6. The minimum Gasteiger partial charge on any atom is -0.356 e. The molecule has 0 unspecified atom stereocenters. The number of hydrogen-bond acceptors (Lipinski definition) is 5. The maximum Gasteiger partial charge on any atom is 0.287 e.